The number of rotatable bonds is 3. The zero-order chi connectivity index (χ0) is 13.4. The largest absolute Gasteiger partial charge is 0.296 e. The summed E-state index contributed by atoms with van der Waals surface area (Å²) < 4.78 is 0. The van der Waals surface area contributed by atoms with Gasteiger partial charge in [0.15, 0.2) is 6.29 Å². The minimum atomic E-state index is -0.431. The Balaban J connectivity index is 0.000000199. The Bertz CT molecular complexity index is 521. The third kappa shape index (κ3) is 4.93. The van der Waals surface area contributed by atoms with Crippen LogP contribution in [0.15, 0.2) is 27.5 Å². The average Bonchev–Trinajstić information content (AvgIpc) is 3.02. The first-order chi connectivity index (χ1) is 8.63. The van der Waals surface area contributed by atoms with Gasteiger partial charge >= 0.3 is 0 Å². The van der Waals surface area contributed by atoms with Crippen LogP contribution in [0.2, 0.25) is 0 Å². The Morgan fingerprint density at radius 3 is 2.17 bits per heavy atom. The fourth-order valence-corrected chi connectivity index (χ4v) is 1.85. The molecule has 18 heavy (non-hydrogen) atoms. The van der Waals surface area contributed by atoms with Crippen molar-refractivity contribution >= 4 is 35.0 Å². The molecule has 0 amide bonds. The van der Waals surface area contributed by atoms with Crippen molar-refractivity contribution in [3.8, 4) is 0 Å². The van der Waals surface area contributed by atoms with Gasteiger partial charge in [-0.25, -0.2) is 9.97 Å². The molecule has 0 fully saturated rings. The fourth-order valence-electron chi connectivity index (χ4n) is 0.840. The molecule has 2 rings (SSSR count). The Morgan fingerprint density at radius 1 is 1.28 bits per heavy atom. The average molecular weight is 283 g/mol. The van der Waals surface area contributed by atoms with Gasteiger partial charge in [0.1, 0.15) is 5.69 Å². The summed E-state index contributed by atoms with van der Waals surface area (Å²) in [6.07, 6.45) is 2.17. The first kappa shape index (κ1) is 14.1. The topological polar surface area (TPSA) is 86.0 Å². The van der Waals surface area contributed by atoms with Crippen LogP contribution in [0.1, 0.15) is 23.1 Å². The van der Waals surface area contributed by atoms with E-state index in [9.17, 15) is 14.9 Å². The third-order valence-electron chi connectivity index (χ3n) is 1.67. The highest BCUT2D eigenvalue weighted by molar-refractivity contribution is 7.07. The number of aldehydes is 1. The lowest BCUT2D eigenvalue weighted by atomic mass is 10.4. The molecule has 6 nitrogen and oxygen atoms in total. The molecule has 2 aromatic heterocycles. The zero-order valence-corrected chi connectivity index (χ0v) is 11.0. The van der Waals surface area contributed by atoms with Crippen molar-refractivity contribution < 1.29 is 9.72 Å². The molecule has 0 saturated heterocycles. The monoisotopic (exact) mass is 283 g/mol. The first-order valence-corrected chi connectivity index (χ1v) is 6.56. The van der Waals surface area contributed by atoms with Crippen molar-refractivity contribution in [3.63, 3.8) is 0 Å². The van der Waals surface area contributed by atoms with Crippen LogP contribution in [0.25, 0.3) is 6.08 Å². The van der Waals surface area contributed by atoms with Gasteiger partial charge in [-0.05, 0) is 0 Å². The van der Waals surface area contributed by atoms with Crippen LogP contribution in [0.4, 0.5) is 0 Å². The molecule has 0 atom stereocenters. The molecule has 0 radical (unpaired) electrons. The highest BCUT2D eigenvalue weighted by atomic mass is 32.1. The predicted molar refractivity (Wildman–Crippen MR) is 70.3 cm³/mol. The SMILES string of the molecule is CC(=Cc1cscn1)[N+](=O)[O-].O=Cc1cscn1. The Labute approximate surface area is 111 Å². The fraction of sp³-hybridized carbons (Fsp3) is 0.100. The van der Waals surface area contributed by atoms with E-state index in [4.69, 9.17) is 0 Å². The summed E-state index contributed by atoms with van der Waals surface area (Å²) in [6.45, 7) is 1.44. The number of thiazole rings is 2. The summed E-state index contributed by atoms with van der Waals surface area (Å²) in [7, 11) is 0. The van der Waals surface area contributed by atoms with E-state index in [-0.39, 0.29) is 5.70 Å². The summed E-state index contributed by atoms with van der Waals surface area (Å²) in [6, 6.07) is 0. The molecule has 8 heteroatoms. The van der Waals surface area contributed by atoms with Crippen molar-refractivity contribution in [2.45, 2.75) is 6.92 Å². The number of nitro groups is 1. The minimum absolute atomic E-state index is 0.107. The minimum Gasteiger partial charge on any atom is -0.296 e. The second kappa shape index (κ2) is 7.41. The van der Waals surface area contributed by atoms with E-state index in [0.717, 1.165) is 6.29 Å². The maximum absolute atomic E-state index is 10.1. The van der Waals surface area contributed by atoms with E-state index in [1.165, 1.54) is 35.7 Å². The lowest BCUT2D eigenvalue weighted by molar-refractivity contribution is -0.422. The lowest BCUT2D eigenvalue weighted by Crippen LogP contribution is -1.92. The summed E-state index contributed by atoms with van der Waals surface area (Å²) in [5, 5.41) is 13.6. The molecule has 0 unspecified atom stereocenters. The molecule has 0 bridgehead atoms. The van der Waals surface area contributed by atoms with E-state index < -0.39 is 4.92 Å². The molecule has 2 aromatic rings. The van der Waals surface area contributed by atoms with Crippen LogP contribution in [0, 0.1) is 10.1 Å². The van der Waals surface area contributed by atoms with Crippen molar-refractivity contribution in [1.29, 1.82) is 0 Å². The molecule has 0 aliphatic heterocycles. The highest BCUT2D eigenvalue weighted by Gasteiger charge is 2.01. The molecule has 2 heterocycles. The lowest BCUT2D eigenvalue weighted by Gasteiger charge is -1.85. The summed E-state index contributed by atoms with van der Waals surface area (Å²) in [5.41, 5.74) is 4.54. The van der Waals surface area contributed by atoms with E-state index in [0.29, 0.717) is 11.4 Å². The molecule has 0 aliphatic carbocycles. The molecular formula is C10H9N3O3S2. The number of carbonyl (C=O) groups excluding carboxylic acids is 1. The van der Waals surface area contributed by atoms with Gasteiger partial charge in [0.05, 0.1) is 21.6 Å². The second-order valence-electron chi connectivity index (χ2n) is 2.99. The Kier molecular flexibility index (Phi) is 5.81. The van der Waals surface area contributed by atoms with Gasteiger partial charge in [0.25, 0.3) is 0 Å². The van der Waals surface area contributed by atoms with Gasteiger partial charge in [0.2, 0.25) is 5.70 Å². The highest BCUT2D eigenvalue weighted by Crippen LogP contribution is 2.06. The van der Waals surface area contributed by atoms with Gasteiger partial charge in [-0.2, -0.15) is 0 Å². The molecule has 0 N–H and O–H groups in total. The van der Waals surface area contributed by atoms with Gasteiger partial charge in [0, 0.05) is 23.8 Å². The van der Waals surface area contributed by atoms with E-state index in [1.54, 1.807) is 21.8 Å². The van der Waals surface area contributed by atoms with Crippen molar-refractivity contribution in [2.75, 3.05) is 0 Å². The quantitative estimate of drug-likeness (QED) is 0.491. The molecule has 0 saturated carbocycles. The number of hydrogen-bond acceptors (Lipinski definition) is 7. The summed E-state index contributed by atoms with van der Waals surface area (Å²) in [4.78, 5) is 27.1. The van der Waals surface area contributed by atoms with Crippen LogP contribution in [-0.4, -0.2) is 21.2 Å². The zero-order valence-electron chi connectivity index (χ0n) is 9.35. The normalized spacial score (nSPS) is 10.4. The molecule has 94 valence electrons. The Hall–Kier alpha value is -1.93. The third-order valence-corrected chi connectivity index (χ3v) is 2.88. The van der Waals surface area contributed by atoms with E-state index >= 15 is 0 Å². The number of aromatic nitrogens is 2. The van der Waals surface area contributed by atoms with Crippen LogP contribution < -0.4 is 0 Å². The first-order valence-electron chi connectivity index (χ1n) is 4.67. The number of allylic oxidation sites excluding steroid dienone is 1. The number of nitrogens with zero attached hydrogens (tertiary/aromatic N) is 3. The molecule has 0 spiro atoms. The van der Waals surface area contributed by atoms with Crippen molar-refractivity contribution in [1.82, 2.24) is 9.97 Å². The summed E-state index contributed by atoms with van der Waals surface area (Å²) >= 11 is 2.84. The smallest absolute Gasteiger partial charge is 0.245 e. The second-order valence-corrected chi connectivity index (χ2v) is 4.42. The van der Waals surface area contributed by atoms with Crippen molar-refractivity contribution in [2.24, 2.45) is 0 Å². The molecular weight excluding hydrogens is 274 g/mol. The standard InChI is InChI=1S/C6H6N2O2S.C4H3NOS/c1-5(8(9)10)2-6-3-11-4-7-6;6-1-4-2-7-3-5-4/h2-4H,1H3;1-3H. The van der Waals surface area contributed by atoms with Gasteiger partial charge in [-0.1, -0.05) is 0 Å². The van der Waals surface area contributed by atoms with Crippen LogP contribution >= 0.6 is 22.7 Å². The van der Waals surface area contributed by atoms with Gasteiger partial charge < -0.3 is 0 Å². The molecule has 0 aliphatic rings. The maximum atomic E-state index is 10.1. The van der Waals surface area contributed by atoms with Crippen LogP contribution in [0.3, 0.4) is 0 Å². The number of hydrogen-bond donors (Lipinski definition) is 0. The van der Waals surface area contributed by atoms with Crippen molar-refractivity contribution in [3.05, 3.63) is 49.0 Å². The molecule has 0 aromatic carbocycles. The van der Waals surface area contributed by atoms with E-state index in [2.05, 4.69) is 9.97 Å². The number of carbonyl (C=O) groups is 1. The summed E-state index contributed by atoms with van der Waals surface area (Å²) in [5.74, 6) is 0. The van der Waals surface area contributed by atoms with Crippen LogP contribution in [0.5, 0.6) is 0 Å². The predicted octanol–water partition coefficient (Wildman–Crippen LogP) is 2.74. The van der Waals surface area contributed by atoms with Crippen LogP contribution in [-0.2, 0) is 0 Å². The Morgan fingerprint density at radius 2 is 1.83 bits per heavy atom. The van der Waals surface area contributed by atoms with Gasteiger partial charge in [-0.15, -0.1) is 22.7 Å². The maximum Gasteiger partial charge on any atom is 0.245 e. The van der Waals surface area contributed by atoms with Gasteiger partial charge in [-0.3, -0.25) is 14.9 Å². The van der Waals surface area contributed by atoms with E-state index in [1.807, 2.05) is 0 Å².